The van der Waals surface area contributed by atoms with Gasteiger partial charge in [0.15, 0.2) is 15.8 Å². The summed E-state index contributed by atoms with van der Waals surface area (Å²) in [7, 11) is 0. The van der Waals surface area contributed by atoms with Crippen LogP contribution in [0.15, 0.2) is 88.8 Å². The summed E-state index contributed by atoms with van der Waals surface area (Å²) in [6.07, 6.45) is 4.08. The molecule has 0 spiro atoms. The highest BCUT2D eigenvalue weighted by Crippen LogP contribution is 2.37. The summed E-state index contributed by atoms with van der Waals surface area (Å²) in [6.45, 7) is 6.60. The molecule has 2 amide bonds. The summed E-state index contributed by atoms with van der Waals surface area (Å²) in [4.78, 5) is 26.1. The first-order chi connectivity index (χ1) is 18.4. The number of thiocarbonyl (C=S) groups is 1. The Balaban J connectivity index is 1.59. The monoisotopic (exact) mass is 608 g/mol. The number of hydrogen-bond donors (Lipinski definition) is 1. The number of thioether (sulfide) groups is 1. The Morgan fingerprint density at radius 1 is 1.13 bits per heavy atom. The topological polar surface area (TPSA) is 67.9 Å². The van der Waals surface area contributed by atoms with Gasteiger partial charge in [0.05, 0.1) is 11.5 Å². The van der Waals surface area contributed by atoms with Crippen LogP contribution in [0.25, 0.3) is 6.08 Å². The average molecular weight is 610 g/mol. The Kier molecular flexibility index (Phi) is 9.38. The molecular formula is C29H25BrN2O4S2. The number of amides is 2. The van der Waals surface area contributed by atoms with Crippen molar-refractivity contribution in [3.8, 4) is 11.5 Å². The van der Waals surface area contributed by atoms with Gasteiger partial charge in [-0.25, -0.2) is 0 Å². The SMILES string of the molecule is C=CCc1cc(/C=C2\SC(=S)N(NC(=O)c3ccccc3)C2=O)cc(OCC)c1OCc1ccc(Br)cc1. The van der Waals surface area contributed by atoms with E-state index in [0.717, 1.165) is 37.9 Å². The van der Waals surface area contributed by atoms with Crippen molar-refractivity contribution in [1.82, 2.24) is 10.4 Å². The molecule has 3 aromatic carbocycles. The van der Waals surface area contributed by atoms with Gasteiger partial charge in [-0.15, -0.1) is 6.58 Å². The summed E-state index contributed by atoms with van der Waals surface area (Å²) in [5.41, 5.74) is 5.67. The molecule has 1 aliphatic heterocycles. The molecule has 4 rings (SSSR count). The number of rotatable bonds is 10. The maximum atomic E-state index is 13.1. The van der Waals surface area contributed by atoms with Crippen LogP contribution in [0.1, 0.15) is 34.0 Å². The molecule has 0 bridgehead atoms. The number of hydrazine groups is 1. The van der Waals surface area contributed by atoms with Gasteiger partial charge >= 0.3 is 0 Å². The second-order valence-corrected chi connectivity index (χ2v) is 10.8. The minimum atomic E-state index is -0.415. The fraction of sp³-hybridized carbons (Fsp3) is 0.138. The van der Waals surface area contributed by atoms with Crippen molar-refractivity contribution in [2.45, 2.75) is 20.0 Å². The molecule has 1 fully saturated rings. The van der Waals surface area contributed by atoms with E-state index in [1.807, 2.05) is 49.4 Å². The highest BCUT2D eigenvalue weighted by molar-refractivity contribution is 9.10. The first-order valence-electron chi connectivity index (χ1n) is 11.8. The number of hydrogen-bond acceptors (Lipinski definition) is 6. The summed E-state index contributed by atoms with van der Waals surface area (Å²) >= 11 is 9.95. The molecule has 3 aromatic rings. The maximum absolute atomic E-state index is 13.1. The summed E-state index contributed by atoms with van der Waals surface area (Å²) in [5.74, 6) is 0.392. The standard InChI is InChI=1S/C29H25BrN2O4S2/c1-3-8-22-15-20(16-24(35-4-2)26(22)36-18-19-11-13-23(30)14-12-19)17-25-28(34)32(29(37)38-25)31-27(33)21-9-6-5-7-10-21/h3,5-7,9-17H,1,4,8,18H2,2H3,(H,31,33)/b25-17-. The predicted octanol–water partition coefficient (Wildman–Crippen LogP) is 6.70. The van der Waals surface area contributed by atoms with Crippen molar-refractivity contribution in [2.75, 3.05) is 6.61 Å². The van der Waals surface area contributed by atoms with Crippen molar-refractivity contribution in [3.63, 3.8) is 0 Å². The predicted molar refractivity (Wildman–Crippen MR) is 159 cm³/mol. The van der Waals surface area contributed by atoms with E-state index in [9.17, 15) is 9.59 Å². The van der Waals surface area contributed by atoms with Crippen LogP contribution in [0.2, 0.25) is 0 Å². The van der Waals surface area contributed by atoms with E-state index in [-0.39, 0.29) is 4.32 Å². The van der Waals surface area contributed by atoms with Gasteiger partial charge in [0.1, 0.15) is 6.61 Å². The van der Waals surface area contributed by atoms with Gasteiger partial charge in [-0.05, 0) is 79.2 Å². The molecule has 0 radical (unpaired) electrons. The van der Waals surface area contributed by atoms with Gasteiger partial charge in [-0.3, -0.25) is 15.0 Å². The third kappa shape index (κ3) is 6.72. The number of carbonyl (C=O) groups is 2. The van der Waals surface area contributed by atoms with Crippen LogP contribution in [0.4, 0.5) is 0 Å². The van der Waals surface area contributed by atoms with Crippen molar-refractivity contribution < 1.29 is 19.1 Å². The van der Waals surface area contributed by atoms with Crippen LogP contribution < -0.4 is 14.9 Å². The van der Waals surface area contributed by atoms with Crippen LogP contribution in [0.3, 0.4) is 0 Å². The molecule has 1 heterocycles. The van der Waals surface area contributed by atoms with Crippen molar-refractivity contribution >= 4 is 62.1 Å². The lowest BCUT2D eigenvalue weighted by molar-refractivity contribution is -0.123. The van der Waals surface area contributed by atoms with Crippen molar-refractivity contribution in [1.29, 1.82) is 0 Å². The fourth-order valence-corrected chi connectivity index (χ4v) is 5.15. The lowest BCUT2D eigenvalue weighted by Gasteiger charge is -2.17. The summed E-state index contributed by atoms with van der Waals surface area (Å²) in [6, 6.07) is 20.3. The molecule has 1 saturated heterocycles. The molecule has 1 N–H and O–H groups in total. The molecular weight excluding hydrogens is 584 g/mol. The van der Waals surface area contributed by atoms with Crippen LogP contribution >= 0.6 is 39.9 Å². The smallest absolute Gasteiger partial charge is 0.285 e. The Morgan fingerprint density at radius 3 is 2.55 bits per heavy atom. The van der Waals surface area contributed by atoms with Gasteiger partial charge in [0.25, 0.3) is 11.8 Å². The molecule has 6 nitrogen and oxygen atoms in total. The zero-order valence-corrected chi connectivity index (χ0v) is 23.8. The van der Waals surface area contributed by atoms with E-state index in [2.05, 4.69) is 27.9 Å². The largest absolute Gasteiger partial charge is 0.490 e. The van der Waals surface area contributed by atoms with E-state index >= 15 is 0 Å². The lowest BCUT2D eigenvalue weighted by Crippen LogP contribution is -2.44. The van der Waals surface area contributed by atoms with E-state index in [4.69, 9.17) is 21.7 Å². The molecule has 0 aromatic heterocycles. The molecule has 0 aliphatic carbocycles. The first kappa shape index (κ1) is 27.6. The quantitative estimate of drug-likeness (QED) is 0.157. The highest BCUT2D eigenvalue weighted by Gasteiger charge is 2.34. The third-order valence-corrected chi connectivity index (χ3v) is 7.29. The van der Waals surface area contributed by atoms with Crippen LogP contribution in [-0.4, -0.2) is 27.8 Å². The zero-order chi connectivity index (χ0) is 27.1. The Bertz CT molecular complexity index is 1390. The van der Waals surface area contributed by atoms with Gasteiger partial charge in [0.2, 0.25) is 0 Å². The number of allylic oxidation sites excluding steroid dienone is 1. The van der Waals surface area contributed by atoms with Gasteiger partial charge in [-0.2, -0.15) is 5.01 Å². The van der Waals surface area contributed by atoms with Gasteiger partial charge in [-0.1, -0.05) is 64.1 Å². The minimum absolute atomic E-state index is 0.247. The second kappa shape index (κ2) is 12.9. The zero-order valence-electron chi connectivity index (χ0n) is 20.6. The fourth-order valence-electron chi connectivity index (χ4n) is 3.71. The van der Waals surface area contributed by atoms with Crippen molar-refractivity contribution in [3.05, 3.63) is 111 Å². The Hall–Kier alpha value is -3.40. The Morgan fingerprint density at radius 2 is 1.87 bits per heavy atom. The van der Waals surface area contributed by atoms with Crippen LogP contribution in [0, 0.1) is 0 Å². The number of nitrogens with zero attached hydrogens (tertiary/aromatic N) is 1. The van der Waals surface area contributed by atoms with Crippen molar-refractivity contribution in [2.24, 2.45) is 0 Å². The van der Waals surface area contributed by atoms with Crippen LogP contribution in [0.5, 0.6) is 11.5 Å². The second-order valence-electron chi connectivity index (χ2n) is 8.17. The lowest BCUT2D eigenvalue weighted by atomic mass is 10.0. The van der Waals surface area contributed by atoms with E-state index in [1.165, 1.54) is 0 Å². The molecule has 0 saturated carbocycles. The van der Waals surface area contributed by atoms with Crippen LogP contribution in [-0.2, 0) is 17.8 Å². The minimum Gasteiger partial charge on any atom is -0.490 e. The Labute approximate surface area is 239 Å². The van der Waals surface area contributed by atoms with Gasteiger partial charge in [0, 0.05) is 15.6 Å². The molecule has 1 aliphatic rings. The molecule has 194 valence electrons. The summed E-state index contributed by atoms with van der Waals surface area (Å²) < 4.78 is 13.4. The van der Waals surface area contributed by atoms with Gasteiger partial charge < -0.3 is 9.47 Å². The van der Waals surface area contributed by atoms with E-state index < -0.39 is 11.8 Å². The first-order valence-corrected chi connectivity index (χ1v) is 13.8. The number of halogens is 1. The number of nitrogens with one attached hydrogen (secondary N) is 1. The number of carbonyl (C=O) groups excluding carboxylic acids is 2. The number of ether oxygens (including phenoxy) is 2. The molecule has 9 heteroatoms. The third-order valence-electron chi connectivity index (χ3n) is 5.46. The highest BCUT2D eigenvalue weighted by atomic mass is 79.9. The van der Waals surface area contributed by atoms with E-state index in [0.29, 0.717) is 41.6 Å². The molecule has 0 atom stereocenters. The molecule has 0 unspecified atom stereocenters. The van der Waals surface area contributed by atoms with E-state index in [1.54, 1.807) is 36.4 Å². The maximum Gasteiger partial charge on any atom is 0.285 e. The average Bonchev–Trinajstić information content (AvgIpc) is 3.17. The normalized spacial score (nSPS) is 14.1. The molecule has 38 heavy (non-hydrogen) atoms. The summed E-state index contributed by atoms with van der Waals surface area (Å²) in [5, 5.41) is 1.10. The number of benzene rings is 3.